The number of benzene rings is 1. The smallest absolute Gasteiger partial charge is 0.248 e. The lowest BCUT2D eigenvalue weighted by molar-refractivity contribution is -0.140. The second-order valence-electron chi connectivity index (χ2n) is 9.66. The van der Waals surface area contributed by atoms with Gasteiger partial charge < -0.3 is 10.3 Å². The van der Waals surface area contributed by atoms with E-state index in [1.54, 1.807) is 6.07 Å². The van der Waals surface area contributed by atoms with Gasteiger partial charge in [-0.3, -0.25) is 9.59 Å². The van der Waals surface area contributed by atoms with Gasteiger partial charge in [0.05, 0.1) is 10.9 Å². The number of nitrogens with one attached hydrogen (secondary N) is 2. The first-order valence-corrected chi connectivity index (χ1v) is 10.4. The van der Waals surface area contributed by atoms with Crippen molar-refractivity contribution >= 4 is 22.5 Å². The summed E-state index contributed by atoms with van der Waals surface area (Å²) in [6.07, 6.45) is 7.19. The van der Waals surface area contributed by atoms with Crippen molar-refractivity contribution in [2.45, 2.75) is 58.3 Å². The zero-order valence-electron chi connectivity index (χ0n) is 16.2. The molecule has 2 aromatic rings. The summed E-state index contributed by atoms with van der Waals surface area (Å²) in [5.74, 6) is 2.74. The van der Waals surface area contributed by atoms with Crippen molar-refractivity contribution in [2.24, 2.45) is 23.2 Å². The molecule has 4 nitrogen and oxygen atoms in total. The van der Waals surface area contributed by atoms with Crippen molar-refractivity contribution in [3.8, 4) is 0 Å². The molecule has 4 bridgehead atoms. The maximum Gasteiger partial charge on any atom is 0.248 e. The maximum absolute atomic E-state index is 13.3. The predicted molar refractivity (Wildman–Crippen MR) is 108 cm³/mol. The lowest BCUT2D eigenvalue weighted by Gasteiger charge is -2.55. The Morgan fingerprint density at radius 3 is 2.30 bits per heavy atom. The first-order chi connectivity index (χ1) is 12.9. The van der Waals surface area contributed by atoms with E-state index < -0.39 is 0 Å². The van der Waals surface area contributed by atoms with E-state index in [1.807, 2.05) is 18.2 Å². The van der Waals surface area contributed by atoms with Crippen molar-refractivity contribution < 1.29 is 4.79 Å². The summed E-state index contributed by atoms with van der Waals surface area (Å²) >= 11 is 0. The van der Waals surface area contributed by atoms with Gasteiger partial charge in [-0.15, -0.1) is 0 Å². The molecule has 4 fully saturated rings. The quantitative estimate of drug-likeness (QED) is 0.821. The Bertz CT molecular complexity index is 937. The average molecular weight is 364 g/mol. The topological polar surface area (TPSA) is 62.0 Å². The molecule has 0 saturated heterocycles. The summed E-state index contributed by atoms with van der Waals surface area (Å²) in [4.78, 5) is 28.2. The molecule has 27 heavy (non-hydrogen) atoms. The number of carbonyl (C=O) groups is 1. The molecular formula is C23H28N2O2. The van der Waals surface area contributed by atoms with Crippen molar-refractivity contribution in [1.29, 1.82) is 0 Å². The van der Waals surface area contributed by atoms with Gasteiger partial charge in [-0.05, 0) is 79.9 Å². The largest absolute Gasteiger partial charge is 0.326 e. The molecule has 2 N–H and O–H groups in total. The van der Waals surface area contributed by atoms with E-state index in [2.05, 4.69) is 24.1 Å². The van der Waals surface area contributed by atoms with Gasteiger partial charge in [0.2, 0.25) is 11.5 Å². The highest BCUT2D eigenvalue weighted by Crippen LogP contribution is 2.60. The number of anilines is 1. The van der Waals surface area contributed by atoms with E-state index in [1.165, 1.54) is 19.3 Å². The maximum atomic E-state index is 13.3. The van der Waals surface area contributed by atoms with Gasteiger partial charge in [-0.2, -0.15) is 0 Å². The molecular weight excluding hydrogens is 336 g/mol. The molecule has 4 aliphatic rings. The Hall–Kier alpha value is -2.10. The zero-order valence-corrected chi connectivity index (χ0v) is 16.2. The number of rotatable bonds is 3. The fourth-order valence-electron chi connectivity index (χ4n) is 6.50. The van der Waals surface area contributed by atoms with Crippen LogP contribution in [0.25, 0.3) is 10.9 Å². The summed E-state index contributed by atoms with van der Waals surface area (Å²) in [6.45, 7) is 4.19. The van der Waals surface area contributed by atoms with Crippen LogP contribution in [-0.4, -0.2) is 10.9 Å². The summed E-state index contributed by atoms with van der Waals surface area (Å²) in [6, 6.07) is 7.60. The fourth-order valence-corrected chi connectivity index (χ4v) is 6.50. The third-order valence-corrected chi connectivity index (χ3v) is 7.27. The standard InChI is InChI=1S/C23H28N2O2/c1-13(2)19-9-21(26)25-20-8-17(3-4-18(19)20)24-22(27)23-10-14-5-15(11-23)7-16(6-14)12-23/h3-4,8-9,13-16H,5-7,10-12H2,1-2H3,(H,24,27)(H,25,26). The summed E-state index contributed by atoms with van der Waals surface area (Å²) in [7, 11) is 0. The SMILES string of the molecule is CC(C)c1cc(=O)[nH]c2cc(NC(=O)C34CC5CC(CC(C5)C3)C4)ccc12. The lowest BCUT2D eigenvalue weighted by atomic mass is 9.49. The number of aromatic amines is 1. The average Bonchev–Trinajstić information content (AvgIpc) is 2.59. The third-order valence-electron chi connectivity index (χ3n) is 7.27. The van der Waals surface area contributed by atoms with Crippen LogP contribution in [0.5, 0.6) is 0 Å². The molecule has 0 atom stereocenters. The minimum Gasteiger partial charge on any atom is -0.326 e. The van der Waals surface area contributed by atoms with Gasteiger partial charge >= 0.3 is 0 Å². The first-order valence-electron chi connectivity index (χ1n) is 10.4. The van der Waals surface area contributed by atoms with Crippen LogP contribution in [0.3, 0.4) is 0 Å². The Morgan fingerprint density at radius 1 is 1.07 bits per heavy atom. The molecule has 1 aromatic heterocycles. The van der Waals surface area contributed by atoms with Crippen LogP contribution >= 0.6 is 0 Å². The number of hydrogen-bond donors (Lipinski definition) is 2. The van der Waals surface area contributed by atoms with Crippen LogP contribution in [0.2, 0.25) is 0 Å². The summed E-state index contributed by atoms with van der Waals surface area (Å²) in [5, 5.41) is 4.25. The molecule has 4 aliphatic carbocycles. The normalized spacial score (nSPS) is 31.6. The minimum absolute atomic E-state index is 0.0873. The highest BCUT2D eigenvalue weighted by atomic mass is 16.2. The molecule has 1 amide bonds. The van der Waals surface area contributed by atoms with Gasteiger partial charge in [0.25, 0.3) is 0 Å². The molecule has 4 heteroatoms. The van der Waals surface area contributed by atoms with E-state index in [9.17, 15) is 9.59 Å². The Balaban J connectivity index is 1.45. The molecule has 0 aliphatic heterocycles. The Morgan fingerprint density at radius 2 is 1.70 bits per heavy atom. The van der Waals surface area contributed by atoms with Crippen molar-refractivity contribution in [3.05, 3.63) is 40.2 Å². The van der Waals surface area contributed by atoms with Gasteiger partial charge in [0.15, 0.2) is 0 Å². The highest BCUT2D eigenvalue weighted by molar-refractivity contribution is 5.97. The van der Waals surface area contributed by atoms with Gasteiger partial charge in [-0.1, -0.05) is 19.9 Å². The minimum atomic E-state index is -0.156. The zero-order chi connectivity index (χ0) is 18.8. The van der Waals surface area contributed by atoms with Crippen molar-refractivity contribution in [2.75, 3.05) is 5.32 Å². The van der Waals surface area contributed by atoms with Crippen LogP contribution < -0.4 is 10.9 Å². The lowest BCUT2D eigenvalue weighted by Crippen LogP contribution is -2.51. The van der Waals surface area contributed by atoms with Crippen LogP contribution in [0.15, 0.2) is 29.1 Å². The van der Waals surface area contributed by atoms with Crippen LogP contribution in [0, 0.1) is 23.2 Å². The Labute approximate surface area is 159 Å². The first kappa shape index (κ1) is 17.0. The molecule has 142 valence electrons. The summed E-state index contributed by atoms with van der Waals surface area (Å²) < 4.78 is 0. The van der Waals surface area contributed by atoms with Crippen LogP contribution in [0.1, 0.15) is 63.9 Å². The number of amides is 1. The number of carbonyl (C=O) groups excluding carboxylic acids is 1. The monoisotopic (exact) mass is 364 g/mol. The highest BCUT2D eigenvalue weighted by Gasteiger charge is 2.54. The fraction of sp³-hybridized carbons (Fsp3) is 0.565. The van der Waals surface area contributed by atoms with E-state index >= 15 is 0 Å². The number of fused-ring (bicyclic) bond motifs is 1. The van der Waals surface area contributed by atoms with Crippen LogP contribution in [-0.2, 0) is 4.79 Å². The van der Waals surface area contributed by atoms with E-state index in [0.717, 1.165) is 59.2 Å². The number of aromatic nitrogens is 1. The van der Waals surface area contributed by atoms with E-state index in [-0.39, 0.29) is 22.8 Å². The van der Waals surface area contributed by atoms with Crippen molar-refractivity contribution in [1.82, 2.24) is 4.98 Å². The summed E-state index contributed by atoms with van der Waals surface area (Å²) in [5.41, 5.74) is 2.40. The Kier molecular flexibility index (Phi) is 3.75. The van der Waals surface area contributed by atoms with Crippen LogP contribution in [0.4, 0.5) is 5.69 Å². The molecule has 6 rings (SSSR count). The molecule has 1 heterocycles. The number of pyridine rings is 1. The van der Waals surface area contributed by atoms with Gasteiger partial charge in [0, 0.05) is 17.1 Å². The van der Waals surface area contributed by atoms with Gasteiger partial charge in [-0.25, -0.2) is 0 Å². The number of hydrogen-bond acceptors (Lipinski definition) is 2. The van der Waals surface area contributed by atoms with E-state index in [4.69, 9.17) is 0 Å². The molecule has 0 spiro atoms. The molecule has 1 aromatic carbocycles. The second-order valence-corrected chi connectivity index (χ2v) is 9.66. The predicted octanol–water partition coefficient (Wildman–Crippen LogP) is 4.81. The van der Waals surface area contributed by atoms with Crippen molar-refractivity contribution in [3.63, 3.8) is 0 Å². The van der Waals surface area contributed by atoms with E-state index in [0.29, 0.717) is 0 Å². The number of H-pyrrole nitrogens is 1. The van der Waals surface area contributed by atoms with Gasteiger partial charge in [0.1, 0.15) is 0 Å². The third kappa shape index (κ3) is 2.81. The molecule has 4 saturated carbocycles. The molecule has 0 unspecified atom stereocenters. The molecule has 0 radical (unpaired) electrons. The second kappa shape index (κ2) is 5.95.